The average Bonchev–Trinajstić information content (AvgIpc) is 4.02. The number of benzene rings is 1. The van der Waals surface area contributed by atoms with E-state index in [2.05, 4.69) is 47.4 Å². The number of morpholine rings is 1. The first kappa shape index (κ1) is 45.3. The molecule has 67 heavy (non-hydrogen) atoms. The average molecular weight is 930 g/mol. The molecule has 3 aromatic heterocycles. The van der Waals surface area contributed by atoms with E-state index in [1.165, 1.54) is 10.7 Å². The van der Waals surface area contributed by atoms with Crippen LogP contribution in [0.2, 0.25) is 0 Å². The number of amides is 3. The zero-order valence-electron chi connectivity index (χ0n) is 38.4. The molecule has 3 unspecified atom stereocenters. The zero-order valence-corrected chi connectivity index (χ0v) is 38.4. The number of piperidine rings is 1. The second-order valence-electron chi connectivity index (χ2n) is 19.1. The second-order valence-corrected chi connectivity index (χ2v) is 19.1. The molecule has 10 rings (SSSR count). The van der Waals surface area contributed by atoms with Gasteiger partial charge in [0.1, 0.15) is 23.0 Å². The third-order valence-electron chi connectivity index (χ3n) is 14.9. The predicted molar refractivity (Wildman–Crippen MR) is 246 cm³/mol. The SMILES string of the molecule is CCC1CN(c2ccn3ncc(C(=O)Nc4cn(C5CCC(CN6CCN(CC7(OC)CN(c8cccc9c8N(C)C(O)N9C8CCC(=O)NC8=O)C7)CC6)CC5)nc4C(F)F)c3n2)CCO1. The molecule has 360 valence electrons. The minimum absolute atomic E-state index is 0.00582. The monoisotopic (exact) mass is 929 g/mol. The lowest BCUT2D eigenvalue weighted by Gasteiger charge is -2.53. The van der Waals surface area contributed by atoms with E-state index in [0.717, 1.165) is 88.4 Å². The fraction of sp³-hybridized carbons (Fsp3) is 0.609. The lowest BCUT2D eigenvalue weighted by Crippen LogP contribution is -2.68. The Balaban J connectivity index is 0.703. The van der Waals surface area contributed by atoms with Crippen molar-refractivity contribution in [3.8, 4) is 0 Å². The molecule has 4 saturated heterocycles. The van der Waals surface area contributed by atoms with Crippen LogP contribution in [0.3, 0.4) is 0 Å². The van der Waals surface area contributed by atoms with Gasteiger partial charge >= 0.3 is 0 Å². The van der Waals surface area contributed by atoms with Crippen molar-refractivity contribution < 1.29 is 37.7 Å². The van der Waals surface area contributed by atoms with Crippen molar-refractivity contribution in [3.63, 3.8) is 0 Å². The summed E-state index contributed by atoms with van der Waals surface area (Å²) in [6, 6.07) is 7.07. The summed E-state index contributed by atoms with van der Waals surface area (Å²) in [7, 11) is 3.60. The topological polar surface area (TPSA) is 181 Å². The fourth-order valence-corrected chi connectivity index (χ4v) is 11.1. The number of nitrogens with one attached hydrogen (secondary N) is 2. The number of halogens is 2. The maximum absolute atomic E-state index is 14.4. The highest BCUT2D eigenvalue weighted by molar-refractivity contribution is 6.08. The van der Waals surface area contributed by atoms with E-state index < -0.39 is 36.3 Å². The first-order valence-electron chi connectivity index (χ1n) is 23.7. The number of hydrogen-bond acceptors (Lipinski definition) is 15. The largest absolute Gasteiger partial charge is 0.375 e. The number of fused-ring (bicyclic) bond motifs is 2. The number of para-hydroxylation sites is 1. The van der Waals surface area contributed by atoms with Crippen LogP contribution in [0.25, 0.3) is 5.65 Å². The van der Waals surface area contributed by atoms with Crippen molar-refractivity contribution in [2.24, 2.45) is 5.92 Å². The molecular weight excluding hydrogens is 869 g/mol. The van der Waals surface area contributed by atoms with Gasteiger partial charge in [0.25, 0.3) is 12.3 Å². The minimum atomic E-state index is -2.86. The number of aliphatic hydroxyl groups is 1. The summed E-state index contributed by atoms with van der Waals surface area (Å²) in [5.41, 5.74) is 2.32. The lowest BCUT2D eigenvalue weighted by atomic mass is 9.85. The number of carbonyl (C=O) groups is 3. The van der Waals surface area contributed by atoms with E-state index in [9.17, 15) is 28.3 Å². The third-order valence-corrected chi connectivity index (χ3v) is 14.9. The highest BCUT2D eigenvalue weighted by Crippen LogP contribution is 2.48. The lowest BCUT2D eigenvalue weighted by molar-refractivity contribution is -0.134. The molecule has 3 amide bonds. The molecular formula is C46H61F2N13O6. The summed E-state index contributed by atoms with van der Waals surface area (Å²) in [5.74, 6) is -0.0616. The highest BCUT2D eigenvalue weighted by atomic mass is 19.3. The van der Waals surface area contributed by atoms with Crippen molar-refractivity contribution in [2.45, 2.75) is 88.4 Å². The number of imide groups is 1. The molecule has 0 radical (unpaired) electrons. The molecule has 3 N–H and O–H groups in total. The summed E-state index contributed by atoms with van der Waals surface area (Å²) >= 11 is 0. The Kier molecular flexibility index (Phi) is 12.5. The van der Waals surface area contributed by atoms with E-state index in [4.69, 9.17) is 14.5 Å². The third kappa shape index (κ3) is 8.79. The standard InChI is InChI=1S/C46H61F2N13O6/c1-4-31-24-57(20-21-67-31)37-14-15-59-42(51-37)32(22-49-59)43(63)50-33-25-60(53-39(33)41(47)48)30-10-8-29(9-11-30)23-55-16-18-56(19-17-55)26-46(66-3)27-58(28-46)34-6-5-7-35-40(34)54(2)45(65)61(35)36-12-13-38(62)52-44(36)64/h5-7,14-15,22,25,29-31,36,41,45,65H,4,8-13,16-21,23-24,26-28H2,1-3H3,(H,50,63)(H,52,62,64). The van der Waals surface area contributed by atoms with Gasteiger partial charge in [-0.1, -0.05) is 13.0 Å². The summed E-state index contributed by atoms with van der Waals surface area (Å²) < 4.78 is 43.9. The van der Waals surface area contributed by atoms with Crippen LogP contribution in [-0.2, 0) is 19.1 Å². The molecule has 19 nitrogen and oxygen atoms in total. The summed E-state index contributed by atoms with van der Waals surface area (Å²) in [4.78, 5) is 55.9. The van der Waals surface area contributed by atoms with E-state index in [1.54, 1.807) is 34.0 Å². The molecule has 21 heteroatoms. The van der Waals surface area contributed by atoms with Crippen LogP contribution in [0, 0.1) is 5.92 Å². The Hall–Kier alpha value is -5.48. The Labute approximate surface area is 387 Å². The number of piperazine rings is 1. The van der Waals surface area contributed by atoms with Gasteiger partial charge in [-0.3, -0.25) is 29.3 Å². The van der Waals surface area contributed by atoms with Crippen molar-refractivity contribution in [1.82, 2.24) is 39.5 Å². The van der Waals surface area contributed by atoms with Gasteiger partial charge in [-0.2, -0.15) is 10.2 Å². The van der Waals surface area contributed by atoms with Gasteiger partial charge in [-0.05, 0) is 62.6 Å². The van der Waals surface area contributed by atoms with E-state index in [1.807, 2.05) is 31.3 Å². The highest BCUT2D eigenvalue weighted by Gasteiger charge is 2.49. The Morgan fingerprint density at radius 3 is 2.52 bits per heavy atom. The number of aromatic nitrogens is 5. The van der Waals surface area contributed by atoms with Crippen LogP contribution in [0.5, 0.6) is 0 Å². The molecule has 1 aromatic carbocycles. The Bertz CT molecular complexity index is 2460. The number of ether oxygens (including phenoxy) is 2. The van der Waals surface area contributed by atoms with Gasteiger partial charge in [0.2, 0.25) is 18.2 Å². The predicted octanol–water partition coefficient (Wildman–Crippen LogP) is 3.32. The molecule has 0 bridgehead atoms. The number of carbonyl (C=O) groups excluding carboxylic acids is 3. The van der Waals surface area contributed by atoms with Gasteiger partial charge in [0, 0.05) is 85.3 Å². The minimum Gasteiger partial charge on any atom is -0.375 e. The van der Waals surface area contributed by atoms with Crippen LogP contribution in [-0.4, -0.2) is 167 Å². The number of rotatable bonds is 13. The van der Waals surface area contributed by atoms with Crippen molar-refractivity contribution in [2.75, 3.05) is 111 Å². The second kappa shape index (κ2) is 18.5. The maximum Gasteiger partial charge on any atom is 0.284 e. The summed E-state index contributed by atoms with van der Waals surface area (Å²) in [6.07, 6.45) is 5.89. The van der Waals surface area contributed by atoms with Crippen molar-refractivity contribution in [3.05, 3.63) is 54.1 Å². The number of aliphatic hydroxyl groups excluding tert-OH is 1. The van der Waals surface area contributed by atoms with Crippen LogP contribution in [0.15, 0.2) is 42.9 Å². The normalized spacial score (nSPS) is 26.0. The first-order chi connectivity index (χ1) is 32.4. The summed E-state index contributed by atoms with van der Waals surface area (Å²) in [5, 5.41) is 25.0. The van der Waals surface area contributed by atoms with Crippen LogP contribution < -0.4 is 30.2 Å². The zero-order chi connectivity index (χ0) is 46.6. The van der Waals surface area contributed by atoms with E-state index in [0.29, 0.717) is 56.6 Å². The summed E-state index contributed by atoms with van der Waals surface area (Å²) in [6.45, 7) is 10.9. The van der Waals surface area contributed by atoms with Crippen molar-refractivity contribution in [1.29, 1.82) is 0 Å². The fourth-order valence-electron chi connectivity index (χ4n) is 11.1. The quantitative estimate of drug-likeness (QED) is 0.166. The van der Waals surface area contributed by atoms with Crippen LogP contribution in [0.1, 0.15) is 80.4 Å². The van der Waals surface area contributed by atoms with Crippen LogP contribution >= 0.6 is 0 Å². The van der Waals surface area contributed by atoms with Crippen molar-refractivity contribution >= 4 is 51.9 Å². The van der Waals surface area contributed by atoms with Gasteiger partial charge in [0.15, 0.2) is 11.3 Å². The van der Waals surface area contributed by atoms with E-state index in [-0.39, 0.29) is 41.3 Å². The molecule has 1 saturated carbocycles. The number of hydrogen-bond donors (Lipinski definition) is 3. The molecule has 6 aliphatic rings. The number of nitrogens with zero attached hydrogens (tertiary/aromatic N) is 11. The Morgan fingerprint density at radius 2 is 1.79 bits per heavy atom. The number of methoxy groups -OCH3 is 1. The van der Waals surface area contributed by atoms with Gasteiger partial charge in [0.05, 0.1) is 60.8 Å². The van der Waals surface area contributed by atoms with Gasteiger partial charge in [-0.25, -0.2) is 18.3 Å². The van der Waals surface area contributed by atoms with Gasteiger partial charge < -0.3 is 44.4 Å². The first-order valence-corrected chi connectivity index (χ1v) is 23.7. The molecule has 5 aliphatic heterocycles. The number of alkyl halides is 2. The molecule has 3 atom stereocenters. The maximum atomic E-state index is 14.4. The molecule has 4 aromatic rings. The smallest absolute Gasteiger partial charge is 0.284 e. The molecule has 0 spiro atoms. The molecule has 8 heterocycles. The Morgan fingerprint density at radius 1 is 1.03 bits per heavy atom. The van der Waals surface area contributed by atoms with Crippen LogP contribution in [0.4, 0.5) is 37.3 Å². The molecule has 5 fully saturated rings. The molecule has 1 aliphatic carbocycles. The van der Waals surface area contributed by atoms with E-state index >= 15 is 0 Å². The number of anilines is 5. The van der Waals surface area contributed by atoms with Gasteiger partial charge in [-0.15, -0.1) is 0 Å².